The Balaban J connectivity index is 1.68. The van der Waals surface area contributed by atoms with E-state index in [1.54, 1.807) is 10.7 Å². The lowest BCUT2D eigenvalue weighted by Gasteiger charge is -2.14. The van der Waals surface area contributed by atoms with E-state index in [9.17, 15) is 13.2 Å². The molecular formula is C19H29N5O3S2. The third kappa shape index (κ3) is 5.22. The fraction of sp³-hybridized carbons (Fsp3) is 0.632. The molecule has 1 unspecified atom stereocenters. The number of rotatable bonds is 7. The number of imidazole rings is 1. The topological polar surface area (TPSA) is 98.9 Å². The second kappa shape index (κ2) is 8.51. The first kappa shape index (κ1) is 21.9. The normalized spacial score (nSPS) is 18.5. The van der Waals surface area contributed by atoms with Crippen LogP contribution in [0, 0.1) is 26.7 Å². The summed E-state index contributed by atoms with van der Waals surface area (Å²) >= 11 is 1.41. The SMILES string of the molecule is Cc1cc(NC(=O)CSc2nc(C)c(C)n2CC(C)C)n(C2CCS(=O)(=O)C2)n1. The van der Waals surface area contributed by atoms with Crippen molar-refractivity contribution in [2.45, 2.75) is 58.8 Å². The van der Waals surface area contributed by atoms with Gasteiger partial charge in [-0.05, 0) is 33.1 Å². The lowest BCUT2D eigenvalue weighted by Crippen LogP contribution is -2.21. The minimum absolute atomic E-state index is 0.0664. The highest BCUT2D eigenvalue weighted by Gasteiger charge is 2.31. The fourth-order valence-electron chi connectivity index (χ4n) is 3.48. The molecule has 0 aromatic carbocycles. The smallest absolute Gasteiger partial charge is 0.235 e. The summed E-state index contributed by atoms with van der Waals surface area (Å²) < 4.78 is 27.4. The molecule has 0 aliphatic carbocycles. The number of amides is 1. The highest BCUT2D eigenvalue weighted by Crippen LogP contribution is 2.28. The van der Waals surface area contributed by atoms with Gasteiger partial charge in [-0.3, -0.25) is 4.79 Å². The Hall–Kier alpha value is -1.81. The Morgan fingerprint density at radius 3 is 2.69 bits per heavy atom. The number of aromatic nitrogens is 4. The van der Waals surface area contributed by atoms with Gasteiger partial charge in [0.1, 0.15) is 5.82 Å². The number of aryl methyl sites for hydroxylation is 2. The third-order valence-corrected chi connectivity index (χ3v) is 7.71. The summed E-state index contributed by atoms with van der Waals surface area (Å²) in [5.74, 6) is 1.32. The van der Waals surface area contributed by atoms with Gasteiger partial charge in [0.25, 0.3) is 0 Å². The largest absolute Gasteiger partial charge is 0.323 e. The molecule has 160 valence electrons. The van der Waals surface area contributed by atoms with Gasteiger partial charge in [-0.2, -0.15) is 5.10 Å². The number of carbonyl (C=O) groups excluding carboxylic acids is 1. The van der Waals surface area contributed by atoms with Crippen molar-refractivity contribution in [1.29, 1.82) is 0 Å². The first-order valence-electron chi connectivity index (χ1n) is 9.78. The van der Waals surface area contributed by atoms with Crippen LogP contribution in [0.25, 0.3) is 0 Å². The summed E-state index contributed by atoms with van der Waals surface area (Å²) in [6.45, 7) is 11.0. The minimum atomic E-state index is -3.03. The molecular weight excluding hydrogens is 410 g/mol. The molecule has 1 aliphatic rings. The minimum Gasteiger partial charge on any atom is -0.323 e. The number of nitrogens with one attached hydrogen (secondary N) is 1. The average molecular weight is 440 g/mol. The number of hydrogen-bond donors (Lipinski definition) is 1. The van der Waals surface area contributed by atoms with Crippen LogP contribution in [-0.2, 0) is 21.2 Å². The van der Waals surface area contributed by atoms with Crippen molar-refractivity contribution in [2.24, 2.45) is 5.92 Å². The van der Waals surface area contributed by atoms with Crippen LogP contribution >= 0.6 is 11.8 Å². The molecule has 1 fully saturated rings. The second-order valence-electron chi connectivity index (χ2n) is 8.08. The van der Waals surface area contributed by atoms with Crippen molar-refractivity contribution in [2.75, 3.05) is 22.6 Å². The van der Waals surface area contributed by atoms with E-state index >= 15 is 0 Å². The third-order valence-electron chi connectivity index (χ3n) is 4.98. The summed E-state index contributed by atoms with van der Waals surface area (Å²) in [5.41, 5.74) is 2.85. The molecule has 2 aromatic heterocycles. The summed E-state index contributed by atoms with van der Waals surface area (Å²) in [7, 11) is -3.03. The zero-order valence-corrected chi connectivity index (χ0v) is 19.2. The lowest BCUT2D eigenvalue weighted by molar-refractivity contribution is -0.113. The van der Waals surface area contributed by atoms with Gasteiger partial charge in [0.15, 0.2) is 15.0 Å². The van der Waals surface area contributed by atoms with Gasteiger partial charge in [0.05, 0.1) is 34.7 Å². The molecule has 10 heteroatoms. The molecule has 8 nitrogen and oxygen atoms in total. The Bertz CT molecular complexity index is 1010. The van der Waals surface area contributed by atoms with Crippen molar-refractivity contribution in [3.8, 4) is 0 Å². The Morgan fingerprint density at radius 1 is 1.34 bits per heavy atom. The summed E-state index contributed by atoms with van der Waals surface area (Å²) in [6, 6.07) is 1.55. The van der Waals surface area contributed by atoms with Gasteiger partial charge < -0.3 is 9.88 Å². The van der Waals surface area contributed by atoms with Crippen LogP contribution in [-0.4, -0.2) is 50.9 Å². The maximum Gasteiger partial charge on any atom is 0.235 e. The molecule has 1 N–H and O–H groups in total. The number of carbonyl (C=O) groups is 1. The van der Waals surface area contributed by atoms with Gasteiger partial charge in [-0.1, -0.05) is 25.6 Å². The Morgan fingerprint density at radius 2 is 2.07 bits per heavy atom. The Labute approximate surface area is 176 Å². The molecule has 0 radical (unpaired) electrons. The fourth-order valence-corrected chi connectivity index (χ4v) is 6.07. The predicted molar refractivity (Wildman–Crippen MR) is 115 cm³/mol. The van der Waals surface area contributed by atoms with Gasteiger partial charge >= 0.3 is 0 Å². The van der Waals surface area contributed by atoms with Gasteiger partial charge in [0.2, 0.25) is 5.91 Å². The molecule has 0 spiro atoms. The molecule has 0 saturated carbocycles. The molecule has 3 rings (SSSR count). The van der Waals surface area contributed by atoms with E-state index in [-0.39, 0.29) is 29.2 Å². The van der Waals surface area contributed by atoms with Gasteiger partial charge in [0, 0.05) is 18.3 Å². The average Bonchev–Trinajstić information content (AvgIpc) is 3.24. The quantitative estimate of drug-likeness (QED) is 0.666. The maximum absolute atomic E-state index is 12.6. The Kier molecular flexibility index (Phi) is 6.42. The number of thioether (sulfide) groups is 1. The van der Waals surface area contributed by atoms with Crippen molar-refractivity contribution in [1.82, 2.24) is 19.3 Å². The van der Waals surface area contributed by atoms with Crippen LogP contribution in [0.4, 0.5) is 5.82 Å². The summed E-state index contributed by atoms with van der Waals surface area (Å²) in [6.07, 6.45) is 0.520. The van der Waals surface area contributed by atoms with E-state index in [1.165, 1.54) is 11.8 Å². The maximum atomic E-state index is 12.6. The monoisotopic (exact) mass is 439 g/mol. The molecule has 1 amide bonds. The molecule has 1 atom stereocenters. The molecule has 1 saturated heterocycles. The zero-order valence-electron chi connectivity index (χ0n) is 17.6. The van der Waals surface area contributed by atoms with Crippen molar-refractivity contribution < 1.29 is 13.2 Å². The first-order chi connectivity index (χ1) is 13.6. The molecule has 0 bridgehead atoms. The lowest BCUT2D eigenvalue weighted by atomic mass is 10.2. The number of hydrogen-bond acceptors (Lipinski definition) is 6. The zero-order chi connectivity index (χ0) is 21.3. The number of anilines is 1. The van der Waals surface area contributed by atoms with E-state index < -0.39 is 9.84 Å². The van der Waals surface area contributed by atoms with Crippen molar-refractivity contribution >= 4 is 33.3 Å². The molecule has 1 aliphatic heterocycles. The van der Waals surface area contributed by atoms with Crippen LogP contribution < -0.4 is 5.32 Å². The van der Waals surface area contributed by atoms with Crippen LogP contribution in [0.3, 0.4) is 0 Å². The highest BCUT2D eigenvalue weighted by molar-refractivity contribution is 7.99. The molecule has 3 heterocycles. The molecule has 29 heavy (non-hydrogen) atoms. The number of sulfone groups is 1. The molecule has 2 aromatic rings. The first-order valence-corrected chi connectivity index (χ1v) is 12.6. The van der Waals surface area contributed by atoms with E-state index in [2.05, 4.69) is 33.8 Å². The van der Waals surface area contributed by atoms with Gasteiger partial charge in [-0.15, -0.1) is 0 Å². The van der Waals surface area contributed by atoms with Crippen LogP contribution in [0.2, 0.25) is 0 Å². The van der Waals surface area contributed by atoms with Crippen molar-refractivity contribution in [3.05, 3.63) is 23.1 Å². The van der Waals surface area contributed by atoms with Crippen LogP contribution in [0.1, 0.15) is 43.4 Å². The predicted octanol–water partition coefficient (Wildman–Crippen LogP) is 2.75. The van der Waals surface area contributed by atoms with E-state index in [4.69, 9.17) is 0 Å². The number of nitrogens with zero attached hydrogens (tertiary/aromatic N) is 4. The summed E-state index contributed by atoms with van der Waals surface area (Å²) in [5, 5.41) is 8.14. The van der Waals surface area contributed by atoms with Crippen molar-refractivity contribution in [3.63, 3.8) is 0 Å². The van der Waals surface area contributed by atoms with Gasteiger partial charge in [-0.25, -0.2) is 18.1 Å². The highest BCUT2D eigenvalue weighted by atomic mass is 32.2. The van der Waals surface area contributed by atoms with Crippen LogP contribution in [0.5, 0.6) is 0 Å². The second-order valence-corrected chi connectivity index (χ2v) is 11.3. The van der Waals surface area contributed by atoms with E-state index in [0.717, 1.165) is 28.8 Å². The standard InChI is InChI=1S/C19H29N5O3S2/c1-12(2)9-23-15(5)14(4)20-19(23)28-10-18(25)21-17-8-13(3)22-24(17)16-6-7-29(26,27)11-16/h8,12,16H,6-7,9-11H2,1-5H3,(H,21,25). The summed E-state index contributed by atoms with van der Waals surface area (Å²) in [4.78, 5) is 17.2. The van der Waals surface area contributed by atoms with Crippen LogP contribution in [0.15, 0.2) is 11.2 Å². The van der Waals surface area contributed by atoms with E-state index in [1.807, 2.05) is 20.8 Å². The van der Waals surface area contributed by atoms with E-state index in [0.29, 0.717) is 18.2 Å².